The van der Waals surface area contributed by atoms with E-state index in [1.165, 1.54) is 23.1 Å². The van der Waals surface area contributed by atoms with Crippen LogP contribution in [0, 0.1) is 17.1 Å². The van der Waals surface area contributed by atoms with Crippen LogP contribution >= 0.6 is 0 Å². The number of halogens is 1. The van der Waals surface area contributed by atoms with E-state index < -0.39 is 0 Å². The fourth-order valence-corrected chi connectivity index (χ4v) is 1.93. The molecule has 6 heteroatoms. The first kappa shape index (κ1) is 13.2. The highest BCUT2D eigenvalue weighted by Crippen LogP contribution is 2.22. The fourth-order valence-electron chi connectivity index (χ4n) is 1.93. The fraction of sp³-hybridized carbons (Fsp3) is 0.308. The summed E-state index contributed by atoms with van der Waals surface area (Å²) < 4.78 is 14.9. The zero-order valence-corrected chi connectivity index (χ0v) is 10.8. The second kappa shape index (κ2) is 5.59. The minimum absolute atomic E-state index is 0.0227. The molecule has 19 heavy (non-hydrogen) atoms. The minimum atomic E-state index is -0.302. The highest BCUT2D eigenvalue weighted by atomic mass is 19.1. The molecule has 5 nitrogen and oxygen atoms in total. The summed E-state index contributed by atoms with van der Waals surface area (Å²) in [6.07, 6.45) is 1.45. The molecule has 0 saturated carbocycles. The van der Waals surface area contributed by atoms with Crippen molar-refractivity contribution in [3.05, 3.63) is 41.7 Å². The predicted octanol–water partition coefficient (Wildman–Crippen LogP) is 1.95. The Kier molecular flexibility index (Phi) is 3.88. The van der Waals surface area contributed by atoms with Crippen LogP contribution in [0.1, 0.15) is 31.3 Å². The maximum atomic E-state index is 13.4. The molecule has 0 amide bonds. The van der Waals surface area contributed by atoms with Crippen molar-refractivity contribution in [1.29, 1.82) is 5.26 Å². The molecular formula is C13H14FN5. The van der Waals surface area contributed by atoms with E-state index in [0.717, 1.165) is 12.1 Å². The molecule has 1 aromatic heterocycles. The quantitative estimate of drug-likeness (QED) is 0.911. The zero-order chi connectivity index (χ0) is 13.8. The smallest absolute Gasteiger partial charge is 0.252 e. The molecule has 1 aromatic carbocycles. The zero-order valence-electron chi connectivity index (χ0n) is 10.8. The molecule has 2 rings (SSSR count). The third kappa shape index (κ3) is 2.77. The molecule has 0 aliphatic carbocycles. The average molecular weight is 259 g/mol. The molecule has 0 saturated heterocycles. The molecule has 0 aliphatic rings. The van der Waals surface area contributed by atoms with E-state index in [0.29, 0.717) is 5.69 Å². The van der Waals surface area contributed by atoms with Gasteiger partial charge in [-0.15, -0.1) is 5.10 Å². The molecule has 0 radical (unpaired) electrons. The largest absolute Gasteiger partial charge is 0.310 e. The van der Waals surface area contributed by atoms with Crippen LogP contribution in [0.2, 0.25) is 0 Å². The third-order valence-corrected chi connectivity index (χ3v) is 2.81. The van der Waals surface area contributed by atoms with E-state index in [1.54, 1.807) is 6.07 Å². The Morgan fingerprint density at radius 2 is 2.32 bits per heavy atom. The summed E-state index contributed by atoms with van der Waals surface area (Å²) in [5, 5.41) is 16.0. The van der Waals surface area contributed by atoms with Gasteiger partial charge in [0.05, 0.1) is 5.69 Å². The average Bonchev–Trinajstić information content (AvgIpc) is 2.87. The number of nitrogens with zero attached hydrogens (tertiary/aromatic N) is 4. The van der Waals surface area contributed by atoms with Crippen molar-refractivity contribution in [3.8, 4) is 11.8 Å². The van der Waals surface area contributed by atoms with Crippen LogP contribution in [0.4, 0.5) is 4.39 Å². The number of benzene rings is 1. The van der Waals surface area contributed by atoms with Gasteiger partial charge in [0.25, 0.3) is 5.82 Å². The normalized spacial score (nSPS) is 12.1. The monoisotopic (exact) mass is 259 g/mol. The molecule has 0 bridgehead atoms. The Bertz CT molecular complexity index is 614. The summed E-state index contributed by atoms with van der Waals surface area (Å²) >= 11 is 0. The Hall–Kier alpha value is -2.26. The van der Waals surface area contributed by atoms with Crippen molar-refractivity contribution in [3.63, 3.8) is 0 Å². The van der Waals surface area contributed by atoms with Gasteiger partial charge < -0.3 is 5.32 Å². The van der Waals surface area contributed by atoms with Crippen molar-refractivity contribution in [2.75, 3.05) is 6.54 Å². The van der Waals surface area contributed by atoms with Gasteiger partial charge in [0, 0.05) is 6.04 Å². The Morgan fingerprint density at radius 3 is 2.95 bits per heavy atom. The van der Waals surface area contributed by atoms with Gasteiger partial charge in [-0.1, -0.05) is 6.92 Å². The highest BCUT2D eigenvalue weighted by Gasteiger charge is 2.13. The summed E-state index contributed by atoms with van der Waals surface area (Å²) in [5.41, 5.74) is 1.49. The van der Waals surface area contributed by atoms with E-state index in [-0.39, 0.29) is 17.7 Å². The van der Waals surface area contributed by atoms with E-state index in [1.807, 2.05) is 19.9 Å². The van der Waals surface area contributed by atoms with Crippen molar-refractivity contribution in [2.45, 2.75) is 19.9 Å². The van der Waals surface area contributed by atoms with Gasteiger partial charge in [0.1, 0.15) is 18.2 Å². The van der Waals surface area contributed by atoms with Crippen LogP contribution in [0.5, 0.6) is 0 Å². The molecule has 98 valence electrons. The lowest BCUT2D eigenvalue weighted by molar-refractivity contribution is 0.578. The molecule has 1 heterocycles. The van der Waals surface area contributed by atoms with Gasteiger partial charge in [-0.2, -0.15) is 5.26 Å². The first-order valence-electron chi connectivity index (χ1n) is 6.00. The third-order valence-electron chi connectivity index (χ3n) is 2.81. The van der Waals surface area contributed by atoms with Crippen molar-refractivity contribution in [2.24, 2.45) is 0 Å². The number of hydrogen-bond acceptors (Lipinski definition) is 4. The summed E-state index contributed by atoms with van der Waals surface area (Å²) in [6, 6.07) is 6.32. The maximum Gasteiger partial charge on any atom is 0.252 e. The lowest BCUT2D eigenvalue weighted by Crippen LogP contribution is -2.19. The van der Waals surface area contributed by atoms with Crippen LogP contribution in [0.3, 0.4) is 0 Å². The molecular weight excluding hydrogens is 245 g/mol. The first-order chi connectivity index (χ1) is 9.15. The molecule has 0 fully saturated rings. The van der Waals surface area contributed by atoms with Crippen LogP contribution in [-0.2, 0) is 0 Å². The Labute approximate surface area is 110 Å². The van der Waals surface area contributed by atoms with Crippen molar-refractivity contribution >= 4 is 0 Å². The van der Waals surface area contributed by atoms with Crippen molar-refractivity contribution in [1.82, 2.24) is 20.1 Å². The van der Waals surface area contributed by atoms with Gasteiger partial charge in [-0.25, -0.2) is 14.1 Å². The molecule has 0 aliphatic heterocycles. The maximum absolute atomic E-state index is 13.4. The Morgan fingerprint density at radius 1 is 1.53 bits per heavy atom. The van der Waals surface area contributed by atoms with Gasteiger partial charge in [0.15, 0.2) is 0 Å². The number of nitriles is 1. The highest BCUT2D eigenvalue weighted by molar-refractivity contribution is 5.42. The van der Waals surface area contributed by atoms with E-state index in [2.05, 4.69) is 15.4 Å². The lowest BCUT2D eigenvalue weighted by Gasteiger charge is -2.16. The second-order valence-corrected chi connectivity index (χ2v) is 4.11. The number of hydrogen-bond donors (Lipinski definition) is 1. The van der Waals surface area contributed by atoms with Gasteiger partial charge in [-0.05, 0) is 37.2 Å². The number of rotatable bonds is 4. The van der Waals surface area contributed by atoms with E-state index in [9.17, 15) is 4.39 Å². The topological polar surface area (TPSA) is 66.5 Å². The van der Waals surface area contributed by atoms with Gasteiger partial charge in [-0.3, -0.25) is 0 Å². The molecule has 2 aromatic rings. The lowest BCUT2D eigenvalue weighted by atomic mass is 10.1. The molecule has 1 N–H and O–H groups in total. The predicted molar refractivity (Wildman–Crippen MR) is 68.1 cm³/mol. The SMILES string of the molecule is CCNC(C)c1cc(F)ccc1-n1cnc(C#N)n1. The summed E-state index contributed by atoms with van der Waals surface area (Å²) in [4.78, 5) is 3.86. The van der Waals surface area contributed by atoms with Crippen LogP contribution in [0.25, 0.3) is 5.69 Å². The molecule has 1 unspecified atom stereocenters. The van der Waals surface area contributed by atoms with Gasteiger partial charge >= 0.3 is 0 Å². The van der Waals surface area contributed by atoms with Crippen LogP contribution in [0.15, 0.2) is 24.5 Å². The van der Waals surface area contributed by atoms with Crippen molar-refractivity contribution < 1.29 is 4.39 Å². The Balaban J connectivity index is 2.47. The number of aromatic nitrogens is 3. The number of nitrogens with one attached hydrogen (secondary N) is 1. The second-order valence-electron chi connectivity index (χ2n) is 4.11. The summed E-state index contributed by atoms with van der Waals surface area (Å²) in [7, 11) is 0. The van der Waals surface area contributed by atoms with Crippen LogP contribution < -0.4 is 5.32 Å². The van der Waals surface area contributed by atoms with Gasteiger partial charge in [0.2, 0.25) is 0 Å². The molecule has 1 atom stereocenters. The summed E-state index contributed by atoms with van der Waals surface area (Å²) in [5.74, 6) is -0.212. The summed E-state index contributed by atoms with van der Waals surface area (Å²) in [6.45, 7) is 4.71. The standard InChI is InChI=1S/C13H14FN5/c1-3-16-9(2)11-6-10(14)4-5-12(11)19-8-17-13(7-15)18-19/h4-6,8-9,16H,3H2,1-2H3. The van der Waals surface area contributed by atoms with Crippen LogP contribution in [-0.4, -0.2) is 21.3 Å². The molecule has 0 spiro atoms. The van der Waals surface area contributed by atoms with E-state index >= 15 is 0 Å². The minimum Gasteiger partial charge on any atom is -0.310 e. The van der Waals surface area contributed by atoms with E-state index in [4.69, 9.17) is 5.26 Å². The first-order valence-corrected chi connectivity index (χ1v) is 6.00.